The zero-order chi connectivity index (χ0) is 18.2. The first kappa shape index (κ1) is 18.0. The predicted octanol–water partition coefficient (Wildman–Crippen LogP) is 3.88. The normalized spacial score (nSPS) is 29.7. The zero-order valence-electron chi connectivity index (χ0n) is 16.1. The van der Waals surface area contributed by atoms with Gasteiger partial charge in [0.15, 0.2) is 0 Å². The highest BCUT2D eigenvalue weighted by Crippen LogP contribution is 2.65. The van der Waals surface area contributed by atoms with Crippen molar-refractivity contribution >= 4 is 6.03 Å². The van der Waals surface area contributed by atoms with Crippen LogP contribution in [0.4, 0.5) is 4.79 Å². The number of nitrogens with zero attached hydrogens (tertiary/aromatic N) is 1. The van der Waals surface area contributed by atoms with Crippen molar-refractivity contribution in [1.82, 2.24) is 15.6 Å². The molecule has 3 rings (SSSR count). The summed E-state index contributed by atoms with van der Waals surface area (Å²) >= 11 is 0. The molecule has 5 heteroatoms. The number of pyridine rings is 1. The average Bonchev–Trinajstić information content (AvgIpc) is 2.87. The van der Waals surface area contributed by atoms with Gasteiger partial charge in [-0.25, -0.2) is 9.78 Å². The molecule has 2 bridgehead atoms. The fraction of sp³-hybridized carbons (Fsp3) is 0.700. The maximum absolute atomic E-state index is 12.5. The summed E-state index contributed by atoms with van der Waals surface area (Å²) < 4.78 is 5.71. The van der Waals surface area contributed by atoms with Gasteiger partial charge >= 0.3 is 6.03 Å². The first-order valence-electron chi connectivity index (χ1n) is 9.39. The molecule has 1 heterocycles. The number of rotatable bonds is 5. The van der Waals surface area contributed by atoms with Gasteiger partial charge in [-0.1, -0.05) is 26.8 Å². The van der Waals surface area contributed by atoms with Crippen molar-refractivity contribution < 1.29 is 9.53 Å². The van der Waals surface area contributed by atoms with Crippen LogP contribution < -0.4 is 15.4 Å². The molecule has 2 amide bonds. The molecule has 0 aliphatic heterocycles. The number of aromatic nitrogens is 1. The van der Waals surface area contributed by atoms with Crippen molar-refractivity contribution in [2.24, 2.45) is 16.7 Å². The number of fused-ring (bicyclic) bond motifs is 2. The van der Waals surface area contributed by atoms with Gasteiger partial charge in [0.2, 0.25) is 5.88 Å². The SMILES string of the molecule is CC(C)Oc1ncccc1CNC(=O)NC1CC2CCC1(C)C2(C)C. The van der Waals surface area contributed by atoms with E-state index in [1.807, 2.05) is 26.0 Å². The van der Waals surface area contributed by atoms with E-state index in [2.05, 4.69) is 36.4 Å². The van der Waals surface area contributed by atoms with Crippen molar-refractivity contribution in [2.45, 2.75) is 72.6 Å². The Morgan fingerprint density at radius 1 is 1.40 bits per heavy atom. The van der Waals surface area contributed by atoms with Crippen LogP contribution in [0.3, 0.4) is 0 Å². The van der Waals surface area contributed by atoms with E-state index >= 15 is 0 Å². The Morgan fingerprint density at radius 2 is 2.16 bits per heavy atom. The standard InChI is InChI=1S/C20H31N3O2/c1-13(2)25-17-14(7-6-10-21-17)12-22-18(24)23-16-11-15-8-9-20(16,5)19(15,3)4/h6-7,10,13,15-16H,8-9,11-12H2,1-5H3,(H2,22,23,24). The highest BCUT2D eigenvalue weighted by Gasteiger charge is 2.61. The van der Waals surface area contributed by atoms with Gasteiger partial charge in [0, 0.05) is 24.3 Å². The van der Waals surface area contributed by atoms with Crippen LogP contribution in [0.2, 0.25) is 0 Å². The second-order valence-corrected chi connectivity index (χ2v) is 8.62. The molecule has 3 atom stereocenters. The van der Waals surface area contributed by atoms with E-state index in [1.54, 1.807) is 6.20 Å². The molecule has 25 heavy (non-hydrogen) atoms. The highest BCUT2D eigenvalue weighted by atomic mass is 16.5. The van der Waals surface area contributed by atoms with E-state index < -0.39 is 0 Å². The predicted molar refractivity (Wildman–Crippen MR) is 98.4 cm³/mol. The van der Waals surface area contributed by atoms with E-state index in [4.69, 9.17) is 4.74 Å². The van der Waals surface area contributed by atoms with Crippen LogP contribution in [0.15, 0.2) is 18.3 Å². The maximum atomic E-state index is 12.5. The number of hydrogen-bond donors (Lipinski definition) is 2. The third-order valence-corrected chi connectivity index (χ3v) is 6.74. The summed E-state index contributed by atoms with van der Waals surface area (Å²) in [5.74, 6) is 1.30. The van der Waals surface area contributed by atoms with Crippen LogP contribution in [0.5, 0.6) is 5.88 Å². The van der Waals surface area contributed by atoms with Crippen molar-refractivity contribution in [2.75, 3.05) is 0 Å². The largest absolute Gasteiger partial charge is 0.475 e. The molecular weight excluding hydrogens is 314 g/mol. The number of nitrogens with one attached hydrogen (secondary N) is 2. The Labute approximate surface area is 150 Å². The van der Waals surface area contributed by atoms with E-state index in [1.165, 1.54) is 12.8 Å². The molecule has 0 radical (unpaired) electrons. The summed E-state index contributed by atoms with van der Waals surface area (Å²) in [5, 5.41) is 6.20. The molecule has 1 aromatic rings. The van der Waals surface area contributed by atoms with Crippen molar-refractivity contribution in [3.63, 3.8) is 0 Å². The molecule has 1 aromatic heterocycles. The van der Waals surface area contributed by atoms with Crippen molar-refractivity contribution in [3.05, 3.63) is 23.9 Å². The number of amides is 2. The molecule has 3 unspecified atom stereocenters. The van der Waals surface area contributed by atoms with Gasteiger partial charge in [-0.3, -0.25) is 0 Å². The molecular formula is C20H31N3O2. The van der Waals surface area contributed by atoms with Crippen LogP contribution in [0.25, 0.3) is 0 Å². The Morgan fingerprint density at radius 3 is 2.76 bits per heavy atom. The molecule has 2 N–H and O–H groups in total. The topological polar surface area (TPSA) is 63.2 Å². The fourth-order valence-electron chi connectivity index (χ4n) is 4.69. The van der Waals surface area contributed by atoms with Crippen LogP contribution >= 0.6 is 0 Å². The van der Waals surface area contributed by atoms with Crippen LogP contribution in [0, 0.1) is 16.7 Å². The summed E-state index contributed by atoms with van der Waals surface area (Å²) in [7, 11) is 0. The van der Waals surface area contributed by atoms with Crippen molar-refractivity contribution in [1.29, 1.82) is 0 Å². The van der Waals surface area contributed by atoms with E-state index in [9.17, 15) is 4.79 Å². The smallest absolute Gasteiger partial charge is 0.315 e. The molecule has 0 aromatic carbocycles. The van der Waals surface area contributed by atoms with Crippen LogP contribution in [-0.2, 0) is 6.54 Å². The summed E-state index contributed by atoms with van der Waals surface area (Å²) in [6.45, 7) is 11.4. The molecule has 5 nitrogen and oxygen atoms in total. The van der Waals surface area contributed by atoms with Gasteiger partial charge in [0.25, 0.3) is 0 Å². The summed E-state index contributed by atoms with van der Waals surface area (Å²) in [4.78, 5) is 16.7. The Bertz CT molecular complexity index is 644. The van der Waals surface area contributed by atoms with E-state index in [-0.39, 0.29) is 23.6 Å². The molecule has 0 spiro atoms. The summed E-state index contributed by atoms with van der Waals surface area (Å²) in [6, 6.07) is 3.95. The fourth-order valence-corrected chi connectivity index (χ4v) is 4.69. The number of hydrogen-bond acceptors (Lipinski definition) is 3. The average molecular weight is 345 g/mol. The monoisotopic (exact) mass is 345 g/mol. The zero-order valence-corrected chi connectivity index (χ0v) is 16.1. The highest BCUT2D eigenvalue weighted by molar-refractivity contribution is 5.74. The number of carbonyl (C=O) groups excluding carboxylic acids is 1. The van der Waals surface area contributed by atoms with Gasteiger partial charge < -0.3 is 15.4 Å². The first-order chi connectivity index (χ1) is 11.7. The Kier molecular flexibility index (Phi) is 4.69. The third kappa shape index (κ3) is 3.21. The molecule has 2 saturated carbocycles. The Hall–Kier alpha value is -1.78. The lowest BCUT2D eigenvalue weighted by molar-refractivity contribution is 0.123. The molecule has 2 aliphatic rings. The van der Waals surface area contributed by atoms with Gasteiger partial charge in [0.05, 0.1) is 6.10 Å². The number of ether oxygens (including phenoxy) is 1. The number of urea groups is 1. The van der Waals surface area contributed by atoms with E-state index in [0.717, 1.165) is 12.0 Å². The maximum Gasteiger partial charge on any atom is 0.315 e. The minimum absolute atomic E-state index is 0.0543. The quantitative estimate of drug-likeness (QED) is 0.851. The van der Waals surface area contributed by atoms with Crippen LogP contribution in [-0.4, -0.2) is 23.2 Å². The van der Waals surface area contributed by atoms with Crippen LogP contribution in [0.1, 0.15) is 59.4 Å². The summed E-state index contributed by atoms with van der Waals surface area (Å²) in [6.07, 6.45) is 5.34. The molecule has 2 aliphatic carbocycles. The van der Waals surface area contributed by atoms with Gasteiger partial charge in [-0.2, -0.15) is 0 Å². The lowest BCUT2D eigenvalue weighted by atomic mass is 9.69. The van der Waals surface area contributed by atoms with Crippen molar-refractivity contribution in [3.8, 4) is 5.88 Å². The Balaban J connectivity index is 1.58. The van der Waals surface area contributed by atoms with Gasteiger partial charge in [-0.05, 0) is 55.9 Å². The lowest BCUT2D eigenvalue weighted by Crippen LogP contribution is -2.50. The van der Waals surface area contributed by atoms with E-state index in [0.29, 0.717) is 23.8 Å². The first-order valence-corrected chi connectivity index (χ1v) is 9.39. The minimum Gasteiger partial charge on any atom is -0.475 e. The molecule has 0 saturated heterocycles. The molecule has 2 fully saturated rings. The second kappa shape index (κ2) is 6.50. The van der Waals surface area contributed by atoms with Gasteiger partial charge in [0.1, 0.15) is 0 Å². The lowest BCUT2D eigenvalue weighted by Gasteiger charge is -2.39. The molecule has 138 valence electrons. The minimum atomic E-state index is -0.103. The number of carbonyl (C=O) groups is 1. The third-order valence-electron chi connectivity index (χ3n) is 6.74. The van der Waals surface area contributed by atoms with Gasteiger partial charge in [-0.15, -0.1) is 0 Å². The second-order valence-electron chi connectivity index (χ2n) is 8.62. The summed E-state index contributed by atoms with van der Waals surface area (Å²) in [5.41, 5.74) is 1.38.